The van der Waals surface area contributed by atoms with E-state index >= 15 is 0 Å². The number of hydrazine groups is 1. The maximum absolute atomic E-state index is 13.0. The molecule has 0 spiro atoms. The summed E-state index contributed by atoms with van der Waals surface area (Å²) in [6, 6.07) is 5.86. The molecule has 0 saturated carbocycles. The summed E-state index contributed by atoms with van der Waals surface area (Å²) in [4.78, 5) is 11.9. The largest absolute Gasteiger partial charge is 0.417 e. The number of hydrogen-bond acceptors (Lipinski definition) is 2. The maximum atomic E-state index is 13.0. The number of benzene rings is 1. The molecule has 0 aliphatic rings. The lowest BCUT2D eigenvalue weighted by molar-refractivity contribution is -0.310. The molecule has 0 radical (unpaired) electrons. The van der Waals surface area contributed by atoms with E-state index < -0.39 is 30.2 Å². The van der Waals surface area contributed by atoms with Gasteiger partial charge in [-0.2, -0.15) is 26.3 Å². The first-order valence-corrected chi connectivity index (χ1v) is 7.47. The second kappa shape index (κ2) is 6.86. The van der Waals surface area contributed by atoms with E-state index in [9.17, 15) is 31.1 Å². The number of amides is 1. The first kappa shape index (κ1) is 21.3. The van der Waals surface area contributed by atoms with Crippen LogP contribution in [0.4, 0.5) is 26.3 Å². The van der Waals surface area contributed by atoms with Gasteiger partial charge in [-0.25, -0.2) is 5.43 Å². The number of nitrogens with one attached hydrogen (secondary N) is 2. The molecule has 1 amide bonds. The first-order chi connectivity index (χ1) is 11.2. The zero-order valence-electron chi connectivity index (χ0n) is 14.2. The summed E-state index contributed by atoms with van der Waals surface area (Å²) in [6.45, 7) is 6.50. The molecule has 0 heterocycles. The second-order valence-corrected chi connectivity index (χ2v) is 6.66. The van der Waals surface area contributed by atoms with Gasteiger partial charge in [-0.15, -0.1) is 0 Å². The van der Waals surface area contributed by atoms with Crippen molar-refractivity contribution in [1.29, 1.82) is 0 Å². The minimum absolute atomic E-state index is 0.0603. The van der Waals surface area contributed by atoms with Crippen molar-refractivity contribution < 1.29 is 31.1 Å². The molecule has 0 aliphatic carbocycles. The third kappa shape index (κ3) is 4.45. The van der Waals surface area contributed by atoms with Gasteiger partial charge in [0.1, 0.15) is 0 Å². The third-order valence-corrected chi connectivity index (χ3v) is 3.90. The highest BCUT2D eigenvalue weighted by Crippen LogP contribution is 2.44. The van der Waals surface area contributed by atoms with Gasteiger partial charge < -0.3 is 0 Å². The van der Waals surface area contributed by atoms with E-state index in [4.69, 9.17) is 0 Å². The summed E-state index contributed by atoms with van der Waals surface area (Å²) in [5, 5.41) is 0. The molecule has 0 saturated heterocycles. The molecule has 0 atom stereocenters. The normalized spacial score (nSPS) is 13.7. The Kier molecular flexibility index (Phi) is 5.83. The number of carbonyl (C=O) groups is 1. The molecule has 0 unspecified atom stereocenters. The summed E-state index contributed by atoms with van der Waals surface area (Å²) in [5.41, 5.74) is -0.937. The number of carbonyl (C=O) groups excluding carboxylic acids is 1. The van der Waals surface area contributed by atoms with Crippen molar-refractivity contribution in [2.24, 2.45) is 0 Å². The topological polar surface area (TPSA) is 41.1 Å². The average molecular weight is 370 g/mol. The number of hydrogen-bond donors (Lipinski definition) is 2. The molecule has 1 rings (SSSR count). The van der Waals surface area contributed by atoms with E-state index in [1.165, 1.54) is 17.6 Å². The van der Waals surface area contributed by atoms with E-state index in [0.717, 1.165) is 17.9 Å². The van der Waals surface area contributed by atoms with Gasteiger partial charge in [0.05, 0.1) is 0 Å². The van der Waals surface area contributed by atoms with Gasteiger partial charge >= 0.3 is 12.4 Å². The van der Waals surface area contributed by atoms with E-state index in [1.807, 2.05) is 20.8 Å². The standard InChI is InChI=1S/C16H20F6N2O/c1-5-14(15(17,18)19,16(20,21)22)24-23-12(25)10-6-8-11(9-7-10)13(2,3)4/h6-9,24H,5H2,1-4H3,(H,23,25). The van der Waals surface area contributed by atoms with Crippen LogP contribution in [0.3, 0.4) is 0 Å². The van der Waals surface area contributed by atoms with Crippen LogP contribution in [0.25, 0.3) is 0 Å². The molecule has 1 aromatic carbocycles. The molecule has 142 valence electrons. The monoisotopic (exact) mass is 370 g/mol. The Morgan fingerprint density at radius 2 is 1.36 bits per heavy atom. The van der Waals surface area contributed by atoms with Crippen molar-refractivity contribution in [1.82, 2.24) is 10.9 Å². The fourth-order valence-corrected chi connectivity index (χ4v) is 2.15. The number of rotatable bonds is 4. The van der Waals surface area contributed by atoms with E-state index in [2.05, 4.69) is 0 Å². The highest BCUT2D eigenvalue weighted by molar-refractivity contribution is 5.93. The number of alkyl halides is 6. The van der Waals surface area contributed by atoms with Gasteiger partial charge in [-0.3, -0.25) is 10.2 Å². The first-order valence-electron chi connectivity index (χ1n) is 7.47. The van der Waals surface area contributed by atoms with E-state index in [-0.39, 0.29) is 11.0 Å². The van der Waals surface area contributed by atoms with Gasteiger partial charge in [0.25, 0.3) is 5.91 Å². The Morgan fingerprint density at radius 3 is 1.68 bits per heavy atom. The summed E-state index contributed by atoms with van der Waals surface area (Å²) >= 11 is 0. The zero-order chi connectivity index (χ0) is 19.7. The lowest BCUT2D eigenvalue weighted by atomic mass is 9.87. The molecular formula is C16H20F6N2O. The van der Waals surface area contributed by atoms with Crippen molar-refractivity contribution in [2.45, 2.75) is 57.4 Å². The van der Waals surface area contributed by atoms with Crippen LogP contribution in [-0.2, 0) is 5.41 Å². The van der Waals surface area contributed by atoms with Gasteiger partial charge in [-0.05, 0) is 29.5 Å². The lowest BCUT2D eigenvalue weighted by Crippen LogP contribution is -2.69. The molecule has 3 nitrogen and oxygen atoms in total. The van der Waals surface area contributed by atoms with Crippen molar-refractivity contribution >= 4 is 5.91 Å². The van der Waals surface area contributed by atoms with Crippen molar-refractivity contribution in [3.63, 3.8) is 0 Å². The molecule has 1 aromatic rings. The molecule has 9 heteroatoms. The Morgan fingerprint density at radius 1 is 0.920 bits per heavy atom. The Bertz CT molecular complexity index is 585. The highest BCUT2D eigenvalue weighted by Gasteiger charge is 2.70. The maximum Gasteiger partial charge on any atom is 0.417 e. The highest BCUT2D eigenvalue weighted by atomic mass is 19.4. The molecule has 2 N–H and O–H groups in total. The average Bonchev–Trinajstić information content (AvgIpc) is 2.44. The molecule has 0 fully saturated rings. The minimum Gasteiger partial charge on any atom is -0.286 e. The Hall–Kier alpha value is -1.77. The third-order valence-electron chi connectivity index (χ3n) is 3.90. The van der Waals surface area contributed by atoms with Gasteiger partial charge in [0, 0.05) is 5.56 Å². The minimum atomic E-state index is -5.64. The Labute approximate surface area is 141 Å². The van der Waals surface area contributed by atoms with Crippen molar-refractivity contribution in [2.75, 3.05) is 0 Å². The summed E-state index contributed by atoms with van der Waals surface area (Å²) in [7, 11) is 0. The van der Waals surface area contributed by atoms with Gasteiger partial charge in [0.15, 0.2) is 0 Å². The number of halogens is 6. The van der Waals surface area contributed by atoms with E-state index in [0.29, 0.717) is 0 Å². The van der Waals surface area contributed by atoms with Crippen LogP contribution in [0.15, 0.2) is 24.3 Å². The predicted molar refractivity (Wildman–Crippen MR) is 80.9 cm³/mol. The van der Waals surface area contributed by atoms with Gasteiger partial charge in [0.2, 0.25) is 5.54 Å². The second-order valence-electron chi connectivity index (χ2n) is 6.66. The van der Waals surface area contributed by atoms with Crippen LogP contribution in [0, 0.1) is 0 Å². The summed E-state index contributed by atoms with van der Waals surface area (Å²) < 4.78 is 77.8. The summed E-state index contributed by atoms with van der Waals surface area (Å²) in [5.74, 6) is -1.09. The zero-order valence-corrected chi connectivity index (χ0v) is 14.2. The molecule has 25 heavy (non-hydrogen) atoms. The van der Waals surface area contributed by atoms with Crippen molar-refractivity contribution in [3.05, 3.63) is 35.4 Å². The van der Waals surface area contributed by atoms with E-state index in [1.54, 1.807) is 12.1 Å². The molecule has 0 aliphatic heterocycles. The fraction of sp³-hybridized carbons (Fsp3) is 0.562. The van der Waals surface area contributed by atoms with Crippen LogP contribution >= 0.6 is 0 Å². The summed E-state index contributed by atoms with van der Waals surface area (Å²) in [6.07, 6.45) is -12.6. The molecule has 0 bridgehead atoms. The van der Waals surface area contributed by atoms with Crippen LogP contribution < -0.4 is 10.9 Å². The van der Waals surface area contributed by atoms with Crippen molar-refractivity contribution in [3.8, 4) is 0 Å². The Balaban J connectivity index is 2.99. The fourth-order valence-electron chi connectivity index (χ4n) is 2.15. The van der Waals surface area contributed by atoms with Crippen LogP contribution in [0.2, 0.25) is 0 Å². The van der Waals surface area contributed by atoms with Gasteiger partial charge in [-0.1, -0.05) is 39.8 Å². The lowest BCUT2D eigenvalue weighted by Gasteiger charge is -2.37. The van der Waals surface area contributed by atoms with Crippen LogP contribution in [-0.4, -0.2) is 23.8 Å². The molecular weight excluding hydrogens is 350 g/mol. The van der Waals surface area contributed by atoms with Crippen LogP contribution in [0.1, 0.15) is 50.0 Å². The van der Waals surface area contributed by atoms with Crippen LogP contribution in [0.5, 0.6) is 0 Å². The molecule has 0 aromatic heterocycles. The quantitative estimate of drug-likeness (QED) is 0.606. The SMILES string of the molecule is CCC(NNC(=O)c1ccc(C(C)(C)C)cc1)(C(F)(F)F)C(F)(F)F. The smallest absolute Gasteiger partial charge is 0.286 e. The predicted octanol–water partition coefficient (Wildman–Crippen LogP) is 4.49.